The first kappa shape index (κ1) is 10.6. The van der Waals surface area contributed by atoms with Gasteiger partial charge >= 0.3 is 6.18 Å². The summed E-state index contributed by atoms with van der Waals surface area (Å²) in [5.74, 6) is -0.401. The summed E-state index contributed by atoms with van der Waals surface area (Å²) in [6, 6.07) is 1.12. The second-order valence-corrected chi connectivity index (χ2v) is 2.84. The molecule has 5 N–H and O–H groups in total. The van der Waals surface area contributed by atoms with Crippen molar-refractivity contribution in [3.63, 3.8) is 0 Å². The van der Waals surface area contributed by atoms with E-state index in [0.29, 0.717) is 0 Å². The molecule has 3 nitrogen and oxygen atoms in total. The predicted octanol–water partition coefficient (Wildman–Crippen LogP) is 1.54. The van der Waals surface area contributed by atoms with Crippen LogP contribution in [0.2, 0.25) is 0 Å². The first-order chi connectivity index (χ1) is 6.32. The molecular formula is C8H9F3N2O. The van der Waals surface area contributed by atoms with Crippen LogP contribution in [0.15, 0.2) is 18.2 Å². The van der Waals surface area contributed by atoms with Crippen molar-refractivity contribution in [1.29, 1.82) is 0 Å². The van der Waals surface area contributed by atoms with Gasteiger partial charge in [-0.2, -0.15) is 13.2 Å². The lowest BCUT2D eigenvalue weighted by molar-refractivity contribution is -0.149. The van der Waals surface area contributed by atoms with E-state index in [4.69, 9.17) is 16.6 Å². The Balaban J connectivity index is 3.03. The highest BCUT2D eigenvalue weighted by atomic mass is 19.4. The first-order valence-corrected chi connectivity index (χ1v) is 3.73. The summed E-state index contributed by atoms with van der Waals surface area (Å²) in [4.78, 5) is 0. The number of alkyl halides is 3. The largest absolute Gasteiger partial charge is 0.506 e. The Morgan fingerprint density at radius 3 is 2.29 bits per heavy atom. The van der Waals surface area contributed by atoms with Gasteiger partial charge in [-0.05, 0) is 17.7 Å². The van der Waals surface area contributed by atoms with Gasteiger partial charge in [0.2, 0.25) is 0 Å². The third-order valence-corrected chi connectivity index (χ3v) is 1.77. The van der Waals surface area contributed by atoms with Crippen LogP contribution in [0.4, 0.5) is 18.9 Å². The van der Waals surface area contributed by atoms with E-state index < -0.39 is 18.0 Å². The summed E-state index contributed by atoms with van der Waals surface area (Å²) >= 11 is 0. The van der Waals surface area contributed by atoms with Crippen LogP contribution in [0, 0.1) is 0 Å². The number of rotatable bonds is 1. The number of aromatic hydroxyl groups is 1. The fourth-order valence-electron chi connectivity index (χ4n) is 0.943. The highest BCUT2D eigenvalue weighted by Crippen LogP contribution is 2.33. The SMILES string of the molecule is Nc1ccc([C@H](N)C(F)(F)F)cc1O. The maximum absolute atomic E-state index is 12.1. The van der Waals surface area contributed by atoms with Crippen LogP contribution >= 0.6 is 0 Å². The van der Waals surface area contributed by atoms with E-state index in [1.165, 1.54) is 6.07 Å². The molecule has 1 rings (SSSR count). The van der Waals surface area contributed by atoms with E-state index in [9.17, 15) is 13.2 Å². The molecule has 0 saturated carbocycles. The molecule has 0 bridgehead atoms. The minimum atomic E-state index is -4.53. The second kappa shape index (κ2) is 3.38. The van der Waals surface area contributed by atoms with Crippen LogP contribution in [0.25, 0.3) is 0 Å². The normalized spacial score (nSPS) is 14.0. The molecule has 1 atom stereocenters. The molecular weight excluding hydrogens is 197 g/mol. The lowest BCUT2D eigenvalue weighted by Gasteiger charge is -2.16. The highest BCUT2D eigenvalue weighted by molar-refractivity contribution is 5.53. The van der Waals surface area contributed by atoms with Crippen molar-refractivity contribution in [1.82, 2.24) is 0 Å². The smallest absolute Gasteiger partial charge is 0.407 e. The van der Waals surface area contributed by atoms with E-state index in [0.717, 1.165) is 12.1 Å². The summed E-state index contributed by atoms with van der Waals surface area (Å²) in [5.41, 5.74) is 9.94. The summed E-state index contributed by atoms with van der Waals surface area (Å²) in [6.45, 7) is 0. The molecule has 78 valence electrons. The van der Waals surface area contributed by atoms with Gasteiger partial charge in [0.25, 0.3) is 0 Å². The summed E-state index contributed by atoms with van der Waals surface area (Å²) in [6.07, 6.45) is -4.53. The van der Waals surface area contributed by atoms with Crippen molar-refractivity contribution >= 4 is 5.69 Å². The van der Waals surface area contributed by atoms with Crippen LogP contribution in [0.3, 0.4) is 0 Å². The van der Waals surface area contributed by atoms with Crippen LogP contribution in [0.5, 0.6) is 5.75 Å². The van der Waals surface area contributed by atoms with E-state index in [-0.39, 0.29) is 11.3 Å². The minimum absolute atomic E-state index is 0.0168. The molecule has 0 fully saturated rings. The van der Waals surface area contributed by atoms with Crippen LogP contribution in [-0.2, 0) is 0 Å². The molecule has 0 amide bonds. The van der Waals surface area contributed by atoms with Gasteiger partial charge in [0, 0.05) is 0 Å². The van der Waals surface area contributed by atoms with Crippen molar-refractivity contribution < 1.29 is 18.3 Å². The van der Waals surface area contributed by atoms with E-state index >= 15 is 0 Å². The topological polar surface area (TPSA) is 72.3 Å². The van der Waals surface area contributed by atoms with Gasteiger partial charge in [0.05, 0.1) is 5.69 Å². The van der Waals surface area contributed by atoms with Gasteiger partial charge < -0.3 is 16.6 Å². The van der Waals surface area contributed by atoms with Crippen molar-refractivity contribution in [3.05, 3.63) is 23.8 Å². The Labute approximate surface area is 78.1 Å². The molecule has 0 aliphatic heterocycles. The number of hydrogen-bond acceptors (Lipinski definition) is 3. The van der Waals surface area contributed by atoms with E-state index in [1.807, 2.05) is 0 Å². The third-order valence-electron chi connectivity index (χ3n) is 1.77. The van der Waals surface area contributed by atoms with Gasteiger partial charge in [-0.3, -0.25) is 0 Å². The van der Waals surface area contributed by atoms with Gasteiger partial charge in [-0.25, -0.2) is 0 Å². The standard InChI is InChI=1S/C8H9F3N2O/c9-8(10,11)7(13)4-1-2-5(12)6(14)3-4/h1-3,7,14H,12-13H2/t7-/m0/s1. The van der Waals surface area contributed by atoms with Gasteiger partial charge in [-0.15, -0.1) is 0 Å². The number of nitrogens with two attached hydrogens (primary N) is 2. The van der Waals surface area contributed by atoms with Gasteiger partial charge in [0.15, 0.2) is 0 Å². The zero-order valence-corrected chi connectivity index (χ0v) is 7.05. The zero-order valence-electron chi connectivity index (χ0n) is 7.05. The molecule has 0 saturated heterocycles. The quantitative estimate of drug-likeness (QED) is 0.482. The van der Waals surface area contributed by atoms with Crippen molar-refractivity contribution in [2.24, 2.45) is 5.73 Å². The highest BCUT2D eigenvalue weighted by Gasteiger charge is 2.37. The Morgan fingerprint density at radius 1 is 1.29 bits per heavy atom. The van der Waals surface area contributed by atoms with Gasteiger partial charge in [-0.1, -0.05) is 6.07 Å². The number of benzene rings is 1. The summed E-state index contributed by atoms with van der Waals surface area (Å²) in [7, 11) is 0. The summed E-state index contributed by atoms with van der Waals surface area (Å²) < 4.78 is 36.4. The van der Waals surface area contributed by atoms with Crippen LogP contribution in [-0.4, -0.2) is 11.3 Å². The molecule has 1 aromatic carbocycles. The first-order valence-electron chi connectivity index (χ1n) is 3.73. The number of nitrogen functional groups attached to an aromatic ring is 1. The Bertz CT molecular complexity index is 338. The van der Waals surface area contributed by atoms with Crippen LogP contribution < -0.4 is 11.5 Å². The maximum Gasteiger partial charge on any atom is 0.407 e. The average molecular weight is 206 g/mol. The van der Waals surface area contributed by atoms with E-state index in [2.05, 4.69) is 0 Å². The average Bonchev–Trinajstić information content (AvgIpc) is 2.07. The number of phenols is 1. The lowest BCUT2D eigenvalue weighted by Crippen LogP contribution is -2.28. The molecule has 0 unspecified atom stereocenters. The Hall–Kier alpha value is -1.43. The molecule has 0 aromatic heterocycles. The molecule has 0 aliphatic carbocycles. The molecule has 1 aromatic rings. The third kappa shape index (κ3) is 2.08. The fourth-order valence-corrected chi connectivity index (χ4v) is 0.943. The Morgan fingerprint density at radius 2 is 1.86 bits per heavy atom. The van der Waals surface area contributed by atoms with Crippen LogP contribution in [0.1, 0.15) is 11.6 Å². The van der Waals surface area contributed by atoms with Gasteiger partial charge in [0.1, 0.15) is 11.8 Å². The van der Waals surface area contributed by atoms with Crippen molar-refractivity contribution in [2.75, 3.05) is 5.73 Å². The minimum Gasteiger partial charge on any atom is -0.506 e. The van der Waals surface area contributed by atoms with E-state index in [1.54, 1.807) is 0 Å². The molecule has 6 heteroatoms. The lowest BCUT2D eigenvalue weighted by atomic mass is 10.1. The second-order valence-electron chi connectivity index (χ2n) is 2.84. The molecule has 0 radical (unpaired) electrons. The predicted molar refractivity (Wildman–Crippen MR) is 45.5 cm³/mol. The van der Waals surface area contributed by atoms with Crippen molar-refractivity contribution in [3.8, 4) is 5.75 Å². The fraction of sp³-hybridized carbons (Fsp3) is 0.250. The monoisotopic (exact) mass is 206 g/mol. The molecule has 0 heterocycles. The number of anilines is 1. The number of hydrogen-bond donors (Lipinski definition) is 3. The maximum atomic E-state index is 12.1. The summed E-state index contributed by atoms with van der Waals surface area (Å²) in [5, 5.41) is 9.07. The number of phenolic OH excluding ortho intramolecular Hbond substituents is 1. The Kier molecular flexibility index (Phi) is 2.57. The molecule has 14 heavy (non-hydrogen) atoms. The van der Waals surface area contributed by atoms with Crippen molar-refractivity contribution in [2.45, 2.75) is 12.2 Å². The molecule has 0 aliphatic rings. The molecule has 0 spiro atoms. The number of halogens is 3. The zero-order chi connectivity index (χ0) is 10.9.